The molecule has 0 radical (unpaired) electrons. The molecule has 3 rings (SSSR count). The predicted octanol–water partition coefficient (Wildman–Crippen LogP) is 3.78. The van der Waals surface area contributed by atoms with Crippen molar-refractivity contribution in [2.24, 2.45) is 0 Å². The van der Waals surface area contributed by atoms with Gasteiger partial charge in [-0.2, -0.15) is 8.78 Å². The first-order valence-electron chi connectivity index (χ1n) is 8.97. The Hall–Kier alpha value is -2.52. The number of aliphatic hydroxyl groups is 1. The number of ether oxygens (including phenoxy) is 2. The zero-order valence-corrected chi connectivity index (χ0v) is 16.5. The second kappa shape index (κ2) is 8.87. The Morgan fingerprint density at radius 3 is 2.62 bits per heavy atom. The minimum absolute atomic E-state index is 0.0525. The Labute approximate surface area is 171 Å². The number of anilines is 1. The van der Waals surface area contributed by atoms with E-state index in [-0.39, 0.29) is 29.2 Å². The lowest BCUT2D eigenvalue weighted by Crippen LogP contribution is -2.41. The number of nitrogens with zero attached hydrogens (tertiary/aromatic N) is 3. The minimum atomic E-state index is -2.88. The highest BCUT2D eigenvalue weighted by Crippen LogP contribution is 2.27. The molecule has 3 atom stereocenters. The molecule has 1 saturated heterocycles. The van der Waals surface area contributed by atoms with Crippen molar-refractivity contribution < 1.29 is 28.2 Å². The van der Waals surface area contributed by atoms with E-state index in [1.165, 1.54) is 23.1 Å². The van der Waals surface area contributed by atoms with Crippen LogP contribution >= 0.6 is 11.6 Å². The summed E-state index contributed by atoms with van der Waals surface area (Å²) in [4.78, 5) is 22.0. The van der Waals surface area contributed by atoms with Crippen LogP contribution in [-0.4, -0.2) is 46.5 Å². The average Bonchev–Trinajstić information content (AvgIpc) is 3.03. The smallest absolute Gasteiger partial charge is 0.416 e. The molecule has 2 aromatic rings. The zero-order chi connectivity index (χ0) is 21.1. The lowest BCUT2D eigenvalue weighted by atomic mass is 9.97. The van der Waals surface area contributed by atoms with Crippen LogP contribution in [0.25, 0.3) is 0 Å². The summed E-state index contributed by atoms with van der Waals surface area (Å²) in [6, 6.07) is 7.19. The third kappa shape index (κ3) is 5.10. The van der Waals surface area contributed by atoms with Gasteiger partial charge in [-0.25, -0.2) is 14.8 Å². The van der Waals surface area contributed by atoms with Crippen LogP contribution in [0.1, 0.15) is 31.2 Å². The maximum Gasteiger partial charge on any atom is 0.416 e. The first kappa shape index (κ1) is 21.2. The molecule has 1 aromatic heterocycles. The molecule has 0 bridgehead atoms. The SMILES string of the molecule is C[C@H](Cc1nc(Cl)cc(N2C(=O)OC[C@@H]2[C@@H](C)O)n1)c1ccc(OC(F)F)cc1. The van der Waals surface area contributed by atoms with Crippen LogP contribution in [0.2, 0.25) is 5.15 Å². The lowest BCUT2D eigenvalue weighted by Gasteiger charge is -2.23. The second-order valence-electron chi connectivity index (χ2n) is 6.77. The van der Waals surface area contributed by atoms with Crippen LogP contribution in [0.4, 0.5) is 19.4 Å². The van der Waals surface area contributed by atoms with Gasteiger partial charge in [0.05, 0.1) is 6.10 Å². The third-order valence-electron chi connectivity index (χ3n) is 4.60. The molecular formula is C19H20ClF2N3O4. The first-order valence-corrected chi connectivity index (χ1v) is 9.34. The number of aliphatic hydroxyl groups excluding tert-OH is 1. The van der Waals surface area contributed by atoms with E-state index in [4.69, 9.17) is 16.3 Å². The molecule has 2 heterocycles. The summed E-state index contributed by atoms with van der Waals surface area (Å²) in [5.74, 6) is 0.673. The number of alkyl halides is 2. The fraction of sp³-hybridized carbons (Fsp3) is 0.421. The molecule has 7 nitrogen and oxygen atoms in total. The molecule has 1 aliphatic rings. The van der Waals surface area contributed by atoms with E-state index in [1.54, 1.807) is 19.1 Å². The van der Waals surface area contributed by atoms with Gasteiger partial charge < -0.3 is 14.6 Å². The highest BCUT2D eigenvalue weighted by molar-refractivity contribution is 6.29. The Morgan fingerprint density at radius 2 is 2.00 bits per heavy atom. The lowest BCUT2D eigenvalue weighted by molar-refractivity contribution is -0.0498. The highest BCUT2D eigenvalue weighted by atomic mass is 35.5. The Kier molecular flexibility index (Phi) is 6.49. The van der Waals surface area contributed by atoms with Crippen molar-refractivity contribution in [2.75, 3.05) is 11.5 Å². The number of amides is 1. The van der Waals surface area contributed by atoms with Gasteiger partial charge in [-0.1, -0.05) is 30.7 Å². The summed E-state index contributed by atoms with van der Waals surface area (Å²) < 4.78 is 33.9. The molecule has 0 spiro atoms. The van der Waals surface area contributed by atoms with E-state index in [1.807, 2.05) is 6.92 Å². The summed E-state index contributed by atoms with van der Waals surface area (Å²) in [6.07, 6.45) is -1.03. The maximum atomic E-state index is 12.3. The van der Waals surface area contributed by atoms with Crippen LogP contribution in [0, 0.1) is 0 Å². The summed E-state index contributed by atoms with van der Waals surface area (Å²) in [5.41, 5.74) is 0.874. The normalized spacial score (nSPS) is 18.7. The number of benzene rings is 1. The van der Waals surface area contributed by atoms with Gasteiger partial charge in [0.2, 0.25) is 0 Å². The largest absolute Gasteiger partial charge is 0.447 e. The van der Waals surface area contributed by atoms with Gasteiger partial charge in [0.25, 0.3) is 0 Å². The predicted molar refractivity (Wildman–Crippen MR) is 102 cm³/mol. The molecule has 0 aliphatic carbocycles. The van der Waals surface area contributed by atoms with E-state index in [0.29, 0.717) is 12.2 Å². The number of hydrogen-bond donors (Lipinski definition) is 1. The van der Waals surface area contributed by atoms with Crippen molar-refractivity contribution >= 4 is 23.5 Å². The Morgan fingerprint density at radius 1 is 1.31 bits per heavy atom. The number of hydrogen-bond acceptors (Lipinski definition) is 6. The van der Waals surface area contributed by atoms with Crippen LogP contribution in [-0.2, 0) is 11.2 Å². The van der Waals surface area contributed by atoms with Crippen molar-refractivity contribution in [3.05, 3.63) is 46.9 Å². The number of rotatable bonds is 7. The Balaban J connectivity index is 1.78. The molecule has 1 aliphatic heterocycles. The number of halogens is 3. The molecule has 0 saturated carbocycles. The van der Waals surface area contributed by atoms with E-state index in [0.717, 1.165) is 5.56 Å². The molecular weight excluding hydrogens is 408 g/mol. The summed E-state index contributed by atoms with van der Waals surface area (Å²) in [7, 11) is 0. The van der Waals surface area contributed by atoms with Crippen LogP contribution in [0.3, 0.4) is 0 Å². The van der Waals surface area contributed by atoms with Crippen molar-refractivity contribution in [2.45, 2.75) is 44.9 Å². The molecule has 1 N–H and O–H groups in total. The molecule has 10 heteroatoms. The molecule has 1 fully saturated rings. The third-order valence-corrected chi connectivity index (χ3v) is 4.79. The van der Waals surface area contributed by atoms with Gasteiger partial charge in [-0.05, 0) is 30.5 Å². The van der Waals surface area contributed by atoms with E-state index >= 15 is 0 Å². The topological polar surface area (TPSA) is 84.8 Å². The van der Waals surface area contributed by atoms with Gasteiger partial charge in [-0.3, -0.25) is 4.90 Å². The fourth-order valence-electron chi connectivity index (χ4n) is 3.09. The van der Waals surface area contributed by atoms with Gasteiger partial charge >= 0.3 is 12.7 Å². The number of carbonyl (C=O) groups excluding carboxylic acids is 1. The fourth-order valence-corrected chi connectivity index (χ4v) is 3.29. The van der Waals surface area contributed by atoms with E-state index < -0.39 is 24.9 Å². The number of aromatic nitrogens is 2. The van der Waals surface area contributed by atoms with Gasteiger partial charge in [0, 0.05) is 12.5 Å². The molecule has 29 heavy (non-hydrogen) atoms. The summed E-state index contributed by atoms with van der Waals surface area (Å²) in [5, 5.41) is 10.1. The van der Waals surface area contributed by atoms with Crippen molar-refractivity contribution in [3.8, 4) is 5.75 Å². The van der Waals surface area contributed by atoms with E-state index in [2.05, 4.69) is 14.7 Å². The van der Waals surface area contributed by atoms with Crippen molar-refractivity contribution in [1.82, 2.24) is 9.97 Å². The number of cyclic esters (lactones) is 1. The van der Waals surface area contributed by atoms with Crippen LogP contribution in [0.5, 0.6) is 5.75 Å². The average molecular weight is 428 g/mol. The van der Waals surface area contributed by atoms with E-state index in [9.17, 15) is 18.7 Å². The van der Waals surface area contributed by atoms with Gasteiger partial charge in [0.1, 0.15) is 35.2 Å². The standard InChI is InChI=1S/C19H20ClF2N3O4/c1-10(12-3-5-13(6-4-12)29-18(21)22)7-16-23-15(20)8-17(24-16)25-14(11(2)26)9-28-19(25)27/h3-6,8,10-11,14,18,26H,7,9H2,1-2H3/t10-,11-,14-/m1/s1. The highest BCUT2D eigenvalue weighted by Gasteiger charge is 2.38. The summed E-state index contributed by atoms with van der Waals surface area (Å²) >= 11 is 6.12. The van der Waals surface area contributed by atoms with Crippen LogP contribution < -0.4 is 9.64 Å². The van der Waals surface area contributed by atoms with Gasteiger partial charge in [-0.15, -0.1) is 0 Å². The monoisotopic (exact) mass is 427 g/mol. The number of carbonyl (C=O) groups is 1. The molecule has 1 amide bonds. The van der Waals surface area contributed by atoms with Gasteiger partial charge in [0.15, 0.2) is 0 Å². The maximum absolute atomic E-state index is 12.3. The van der Waals surface area contributed by atoms with Crippen molar-refractivity contribution in [3.63, 3.8) is 0 Å². The van der Waals surface area contributed by atoms with Crippen molar-refractivity contribution in [1.29, 1.82) is 0 Å². The second-order valence-corrected chi connectivity index (χ2v) is 7.16. The molecule has 1 aromatic carbocycles. The summed E-state index contributed by atoms with van der Waals surface area (Å²) in [6.45, 7) is 0.665. The molecule has 156 valence electrons. The molecule has 0 unspecified atom stereocenters. The zero-order valence-electron chi connectivity index (χ0n) is 15.8. The first-order chi connectivity index (χ1) is 13.7. The minimum Gasteiger partial charge on any atom is -0.447 e. The quantitative estimate of drug-likeness (QED) is 0.677. The van der Waals surface area contributed by atoms with Crippen LogP contribution in [0.15, 0.2) is 30.3 Å². The Bertz CT molecular complexity index is 867.